The van der Waals surface area contributed by atoms with Crippen LogP contribution in [0.5, 0.6) is 5.75 Å². The van der Waals surface area contributed by atoms with Crippen molar-refractivity contribution >= 4 is 11.6 Å². The molecule has 2 heterocycles. The van der Waals surface area contributed by atoms with Crippen molar-refractivity contribution in [2.24, 2.45) is 11.8 Å². The van der Waals surface area contributed by atoms with Gasteiger partial charge in [0.1, 0.15) is 5.75 Å². The largest absolute Gasteiger partial charge is 0.495 e. The van der Waals surface area contributed by atoms with E-state index in [0.29, 0.717) is 17.7 Å². The van der Waals surface area contributed by atoms with Gasteiger partial charge in [0, 0.05) is 39.3 Å². The topological polar surface area (TPSA) is 36.0 Å². The monoisotopic (exact) mass is 359 g/mol. The molecule has 1 aromatic rings. The van der Waals surface area contributed by atoms with Gasteiger partial charge >= 0.3 is 0 Å². The van der Waals surface area contributed by atoms with E-state index in [9.17, 15) is 4.79 Å². The third kappa shape index (κ3) is 4.14. The van der Waals surface area contributed by atoms with Gasteiger partial charge < -0.3 is 14.5 Å². The van der Waals surface area contributed by atoms with Gasteiger partial charge in [-0.05, 0) is 37.3 Å². The van der Waals surface area contributed by atoms with Gasteiger partial charge in [-0.3, -0.25) is 9.69 Å². The van der Waals surface area contributed by atoms with Crippen LogP contribution in [-0.4, -0.2) is 68.1 Å². The zero-order valence-electron chi connectivity index (χ0n) is 16.6. The van der Waals surface area contributed by atoms with Crippen molar-refractivity contribution in [2.75, 3.05) is 51.3 Å². The van der Waals surface area contributed by atoms with Crippen molar-refractivity contribution in [3.63, 3.8) is 0 Å². The number of hydrogen-bond donors (Lipinski definition) is 0. The molecule has 2 aliphatic heterocycles. The third-order valence-electron chi connectivity index (χ3n) is 5.83. The summed E-state index contributed by atoms with van der Waals surface area (Å²) in [4.78, 5) is 19.8. The van der Waals surface area contributed by atoms with Crippen molar-refractivity contribution in [3.8, 4) is 5.75 Å². The van der Waals surface area contributed by atoms with Crippen LogP contribution in [0.4, 0.5) is 5.69 Å². The number of carbonyl (C=O) groups excluding carboxylic acids is 1. The van der Waals surface area contributed by atoms with Gasteiger partial charge in [-0.25, -0.2) is 0 Å². The summed E-state index contributed by atoms with van der Waals surface area (Å²) < 4.78 is 5.49. The highest BCUT2D eigenvalue weighted by Crippen LogP contribution is 2.29. The number of para-hydroxylation sites is 2. The molecule has 26 heavy (non-hydrogen) atoms. The quantitative estimate of drug-likeness (QED) is 0.828. The maximum Gasteiger partial charge on any atom is 0.239 e. The molecule has 2 aliphatic rings. The minimum atomic E-state index is -0.0349. The lowest BCUT2D eigenvalue weighted by molar-refractivity contribution is -0.139. The number of rotatable bonds is 4. The average molecular weight is 360 g/mol. The van der Waals surface area contributed by atoms with E-state index >= 15 is 0 Å². The van der Waals surface area contributed by atoms with Crippen molar-refractivity contribution in [3.05, 3.63) is 24.3 Å². The van der Waals surface area contributed by atoms with E-state index in [-0.39, 0.29) is 6.04 Å². The minimum Gasteiger partial charge on any atom is -0.495 e. The summed E-state index contributed by atoms with van der Waals surface area (Å²) in [5.41, 5.74) is 1.15. The third-order valence-corrected chi connectivity index (χ3v) is 5.83. The number of benzene rings is 1. The molecule has 1 amide bonds. The second-order valence-corrected chi connectivity index (χ2v) is 8.06. The molecule has 2 saturated heterocycles. The lowest BCUT2D eigenvalue weighted by atomic mass is 9.91. The Morgan fingerprint density at radius 1 is 1.08 bits per heavy atom. The first kappa shape index (κ1) is 19.0. The molecule has 144 valence electrons. The van der Waals surface area contributed by atoms with E-state index in [1.54, 1.807) is 7.11 Å². The Hall–Kier alpha value is -1.75. The molecular formula is C21H33N3O2. The van der Waals surface area contributed by atoms with E-state index < -0.39 is 0 Å². The molecule has 0 bridgehead atoms. The van der Waals surface area contributed by atoms with Crippen LogP contribution in [0.15, 0.2) is 24.3 Å². The summed E-state index contributed by atoms with van der Waals surface area (Å²) in [5, 5.41) is 0. The van der Waals surface area contributed by atoms with Crippen molar-refractivity contribution < 1.29 is 9.53 Å². The molecule has 0 radical (unpaired) electrons. The summed E-state index contributed by atoms with van der Waals surface area (Å²) in [5.74, 6) is 2.44. The van der Waals surface area contributed by atoms with Crippen molar-refractivity contribution in [1.29, 1.82) is 0 Å². The van der Waals surface area contributed by atoms with Crippen LogP contribution in [0.3, 0.4) is 0 Å². The number of likely N-dealkylation sites (tertiary alicyclic amines) is 1. The van der Waals surface area contributed by atoms with Gasteiger partial charge in [0.25, 0.3) is 0 Å². The summed E-state index contributed by atoms with van der Waals surface area (Å²) in [6.07, 6.45) is 1.23. The second-order valence-electron chi connectivity index (χ2n) is 8.06. The average Bonchev–Trinajstić information content (AvgIpc) is 2.66. The van der Waals surface area contributed by atoms with Crippen LogP contribution >= 0.6 is 0 Å². The van der Waals surface area contributed by atoms with Crippen LogP contribution in [0.2, 0.25) is 0 Å². The summed E-state index contributed by atoms with van der Waals surface area (Å²) in [6, 6.07) is 8.13. The fraction of sp³-hybridized carbons (Fsp3) is 0.667. The molecule has 0 aromatic heterocycles. The Kier molecular flexibility index (Phi) is 6.07. The number of amides is 1. The van der Waals surface area contributed by atoms with Crippen LogP contribution in [0, 0.1) is 11.8 Å². The van der Waals surface area contributed by atoms with Crippen LogP contribution in [-0.2, 0) is 4.79 Å². The molecule has 0 spiro atoms. The van der Waals surface area contributed by atoms with E-state index in [1.807, 2.05) is 12.1 Å². The molecule has 3 rings (SSSR count). The molecule has 0 aliphatic carbocycles. The molecule has 1 aromatic carbocycles. The van der Waals surface area contributed by atoms with Crippen LogP contribution < -0.4 is 9.64 Å². The fourth-order valence-electron chi connectivity index (χ4n) is 4.50. The first-order valence-corrected chi connectivity index (χ1v) is 9.90. The number of carbonyl (C=O) groups is 1. The number of methoxy groups -OCH3 is 1. The molecular weight excluding hydrogens is 326 g/mol. The summed E-state index contributed by atoms with van der Waals surface area (Å²) in [6.45, 7) is 12.1. The van der Waals surface area contributed by atoms with Gasteiger partial charge in [0.2, 0.25) is 5.91 Å². The zero-order valence-corrected chi connectivity index (χ0v) is 16.6. The highest BCUT2D eigenvalue weighted by Gasteiger charge is 2.32. The molecule has 0 saturated carbocycles. The smallest absolute Gasteiger partial charge is 0.239 e. The lowest BCUT2D eigenvalue weighted by Gasteiger charge is -2.42. The summed E-state index contributed by atoms with van der Waals surface area (Å²) >= 11 is 0. The Balaban J connectivity index is 1.58. The number of hydrogen-bond acceptors (Lipinski definition) is 4. The minimum absolute atomic E-state index is 0.0349. The number of piperidine rings is 1. The standard InChI is InChI=1S/C21H33N3O2/c1-16-13-17(2)15-24(14-16)21(25)18(3)22-9-11-23(12-10-22)19-7-5-6-8-20(19)26-4/h5-8,16-18H,9-15H2,1-4H3. The molecule has 2 fully saturated rings. The number of ether oxygens (including phenoxy) is 1. The first-order chi connectivity index (χ1) is 12.5. The van der Waals surface area contributed by atoms with E-state index in [0.717, 1.165) is 50.7 Å². The van der Waals surface area contributed by atoms with Crippen molar-refractivity contribution in [2.45, 2.75) is 33.2 Å². The lowest BCUT2D eigenvalue weighted by Crippen LogP contribution is -2.56. The van der Waals surface area contributed by atoms with E-state index in [2.05, 4.69) is 47.6 Å². The Bertz CT molecular complexity index is 603. The Labute approximate surface area is 157 Å². The molecule has 0 N–H and O–H groups in total. The zero-order chi connectivity index (χ0) is 18.7. The van der Waals surface area contributed by atoms with E-state index in [1.165, 1.54) is 6.42 Å². The number of nitrogens with zero attached hydrogens (tertiary/aromatic N) is 3. The van der Waals surface area contributed by atoms with Crippen LogP contribution in [0.25, 0.3) is 0 Å². The SMILES string of the molecule is COc1ccccc1N1CCN(C(C)C(=O)N2CC(C)CC(C)C2)CC1. The Morgan fingerprint density at radius 2 is 1.69 bits per heavy atom. The maximum atomic E-state index is 13.0. The molecule has 5 nitrogen and oxygen atoms in total. The second kappa shape index (κ2) is 8.30. The molecule has 3 atom stereocenters. The van der Waals surface area contributed by atoms with Gasteiger partial charge in [0.15, 0.2) is 0 Å². The van der Waals surface area contributed by atoms with E-state index in [4.69, 9.17) is 4.74 Å². The highest BCUT2D eigenvalue weighted by molar-refractivity contribution is 5.81. The Morgan fingerprint density at radius 3 is 2.31 bits per heavy atom. The highest BCUT2D eigenvalue weighted by atomic mass is 16.5. The van der Waals surface area contributed by atoms with Crippen molar-refractivity contribution in [1.82, 2.24) is 9.80 Å². The fourth-order valence-corrected chi connectivity index (χ4v) is 4.50. The van der Waals surface area contributed by atoms with Gasteiger partial charge in [-0.1, -0.05) is 26.0 Å². The first-order valence-electron chi connectivity index (χ1n) is 9.90. The number of anilines is 1. The van der Waals surface area contributed by atoms with Crippen LogP contribution in [0.1, 0.15) is 27.2 Å². The summed E-state index contributed by atoms with van der Waals surface area (Å²) in [7, 11) is 1.72. The van der Waals surface area contributed by atoms with Gasteiger partial charge in [-0.2, -0.15) is 0 Å². The predicted octanol–water partition coefficient (Wildman–Crippen LogP) is 2.71. The normalized spacial score (nSPS) is 25.8. The molecule has 3 unspecified atom stereocenters. The molecule has 5 heteroatoms. The number of piperazine rings is 1. The van der Waals surface area contributed by atoms with Gasteiger partial charge in [-0.15, -0.1) is 0 Å². The van der Waals surface area contributed by atoms with Gasteiger partial charge in [0.05, 0.1) is 18.8 Å². The predicted molar refractivity (Wildman–Crippen MR) is 106 cm³/mol. The maximum absolute atomic E-state index is 13.0.